The third-order valence-electron chi connectivity index (χ3n) is 4.75. The van der Waals surface area contributed by atoms with Gasteiger partial charge < -0.3 is 15.0 Å². The number of ether oxygens (including phenoxy) is 1. The molecule has 1 amide bonds. The molecule has 0 aromatic carbocycles. The fourth-order valence-electron chi connectivity index (χ4n) is 3.19. The number of piperazine rings is 1. The average Bonchev–Trinajstić information content (AvgIpc) is 3.16. The molecule has 3 rings (SSSR count). The molecule has 0 bridgehead atoms. The lowest BCUT2D eigenvalue weighted by Crippen LogP contribution is -2.54. The van der Waals surface area contributed by atoms with Crippen molar-refractivity contribution < 1.29 is 9.53 Å². The Labute approximate surface area is 158 Å². The van der Waals surface area contributed by atoms with Crippen LogP contribution in [0.15, 0.2) is 17.8 Å². The van der Waals surface area contributed by atoms with Crippen molar-refractivity contribution in [3.63, 3.8) is 0 Å². The van der Waals surface area contributed by atoms with E-state index >= 15 is 0 Å². The lowest BCUT2D eigenvalue weighted by atomic mass is 10.2. The fourth-order valence-corrected chi connectivity index (χ4v) is 3.92. The molecular formula is C18H27N5O2S. The number of anilines is 1. The number of hydrogen-bond donors (Lipinski definition) is 1. The van der Waals surface area contributed by atoms with Crippen molar-refractivity contribution in [2.24, 2.45) is 0 Å². The van der Waals surface area contributed by atoms with E-state index in [1.54, 1.807) is 17.7 Å². The van der Waals surface area contributed by atoms with Gasteiger partial charge in [0.05, 0.1) is 11.4 Å². The average molecular weight is 378 g/mol. The van der Waals surface area contributed by atoms with Crippen molar-refractivity contribution in [2.75, 3.05) is 50.8 Å². The van der Waals surface area contributed by atoms with E-state index in [4.69, 9.17) is 4.74 Å². The highest BCUT2D eigenvalue weighted by molar-refractivity contribution is 7.16. The molecule has 0 saturated carbocycles. The third kappa shape index (κ3) is 4.49. The van der Waals surface area contributed by atoms with Gasteiger partial charge in [0.15, 0.2) is 0 Å². The fraction of sp³-hybridized carbons (Fsp3) is 0.611. The van der Waals surface area contributed by atoms with Gasteiger partial charge >= 0.3 is 0 Å². The SMILES string of the molecule is CCOCCCNC(=O)C(C)N1CCN(c2ncnc3sccc23)CC1. The predicted molar refractivity (Wildman–Crippen MR) is 105 cm³/mol. The minimum absolute atomic E-state index is 0.0946. The van der Waals surface area contributed by atoms with Gasteiger partial charge in [0.2, 0.25) is 5.91 Å². The van der Waals surface area contributed by atoms with E-state index in [0.29, 0.717) is 13.2 Å². The van der Waals surface area contributed by atoms with Gasteiger partial charge in [-0.2, -0.15) is 0 Å². The number of amides is 1. The highest BCUT2D eigenvalue weighted by Gasteiger charge is 2.26. The summed E-state index contributed by atoms with van der Waals surface area (Å²) < 4.78 is 5.29. The lowest BCUT2D eigenvalue weighted by molar-refractivity contribution is -0.126. The van der Waals surface area contributed by atoms with E-state index in [2.05, 4.69) is 36.5 Å². The number of carbonyl (C=O) groups is 1. The normalized spacial score (nSPS) is 16.8. The molecule has 0 spiro atoms. The number of nitrogens with zero attached hydrogens (tertiary/aromatic N) is 4. The largest absolute Gasteiger partial charge is 0.382 e. The summed E-state index contributed by atoms with van der Waals surface area (Å²) in [6.45, 7) is 9.47. The minimum atomic E-state index is -0.115. The summed E-state index contributed by atoms with van der Waals surface area (Å²) in [5, 5.41) is 6.18. The molecule has 2 aromatic rings. The number of nitrogens with one attached hydrogen (secondary N) is 1. The molecule has 26 heavy (non-hydrogen) atoms. The molecule has 1 unspecified atom stereocenters. The van der Waals surface area contributed by atoms with Gasteiger partial charge in [-0.3, -0.25) is 9.69 Å². The van der Waals surface area contributed by atoms with E-state index in [1.165, 1.54) is 0 Å². The molecule has 1 saturated heterocycles. The summed E-state index contributed by atoms with van der Waals surface area (Å²) in [5.74, 6) is 1.10. The predicted octanol–water partition coefficient (Wildman–Crippen LogP) is 1.74. The lowest BCUT2D eigenvalue weighted by Gasteiger charge is -2.38. The van der Waals surface area contributed by atoms with Gasteiger partial charge in [-0.25, -0.2) is 9.97 Å². The Bertz CT molecular complexity index is 714. The number of rotatable bonds is 8. The third-order valence-corrected chi connectivity index (χ3v) is 5.57. The van der Waals surface area contributed by atoms with E-state index in [9.17, 15) is 4.79 Å². The van der Waals surface area contributed by atoms with Crippen molar-refractivity contribution in [1.82, 2.24) is 20.2 Å². The Morgan fingerprint density at radius 3 is 2.92 bits per heavy atom. The Balaban J connectivity index is 1.48. The smallest absolute Gasteiger partial charge is 0.237 e. The first-order valence-corrected chi connectivity index (χ1v) is 10.1. The molecule has 1 N–H and O–H groups in total. The van der Waals surface area contributed by atoms with E-state index in [-0.39, 0.29) is 11.9 Å². The number of thiophene rings is 1. The van der Waals surface area contributed by atoms with Crippen molar-refractivity contribution in [1.29, 1.82) is 0 Å². The minimum Gasteiger partial charge on any atom is -0.382 e. The van der Waals surface area contributed by atoms with Crippen LogP contribution >= 0.6 is 11.3 Å². The van der Waals surface area contributed by atoms with Crippen molar-refractivity contribution >= 4 is 33.3 Å². The molecule has 2 aromatic heterocycles. The van der Waals surface area contributed by atoms with Gasteiger partial charge in [0.1, 0.15) is 17.0 Å². The second-order valence-electron chi connectivity index (χ2n) is 6.38. The van der Waals surface area contributed by atoms with Gasteiger partial charge in [-0.05, 0) is 31.7 Å². The van der Waals surface area contributed by atoms with Gasteiger partial charge in [0.25, 0.3) is 0 Å². The van der Waals surface area contributed by atoms with Crippen LogP contribution in [0, 0.1) is 0 Å². The van der Waals surface area contributed by atoms with Crippen LogP contribution in [0.3, 0.4) is 0 Å². The first-order valence-electron chi connectivity index (χ1n) is 9.23. The Morgan fingerprint density at radius 2 is 2.15 bits per heavy atom. The number of aromatic nitrogens is 2. The maximum atomic E-state index is 12.3. The van der Waals surface area contributed by atoms with Crippen LogP contribution in [0.25, 0.3) is 10.2 Å². The summed E-state index contributed by atoms with van der Waals surface area (Å²) in [6.07, 6.45) is 2.49. The first-order chi connectivity index (χ1) is 12.7. The highest BCUT2D eigenvalue weighted by Crippen LogP contribution is 2.27. The van der Waals surface area contributed by atoms with Crippen molar-refractivity contribution in [2.45, 2.75) is 26.3 Å². The molecular weight excluding hydrogens is 350 g/mol. The van der Waals surface area contributed by atoms with Crippen LogP contribution in [0.2, 0.25) is 0 Å². The first kappa shape index (κ1) is 19.0. The summed E-state index contributed by atoms with van der Waals surface area (Å²) in [5.41, 5.74) is 0. The quantitative estimate of drug-likeness (QED) is 0.707. The Morgan fingerprint density at radius 1 is 1.35 bits per heavy atom. The van der Waals surface area contributed by atoms with Gasteiger partial charge in [0, 0.05) is 45.9 Å². The maximum absolute atomic E-state index is 12.3. The summed E-state index contributed by atoms with van der Waals surface area (Å²) in [4.78, 5) is 26.7. The summed E-state index contributed by atoms with van der Waals surface area (Å²) >= 11 is 1.64. The number of hydrogen-bond acceptors (Lipinski definition) is 7. The Kier molecular flexibility index (Phi) is 6.76. The van der Waals surface area contributed by atoms with Crippen LogP contribution in [0.5, 0.6) is 0 Å². The maximum Gasteiger partial charge on any atom is 0.237 e. The van der Waals surface area contributed by atoms with Crippen LogP contribution in [-0.4, -0.2) is 72.8 Å². The van der Waals surface area contributed by atoms with Crippen molar-refractivity contribution in [3.05, 3.63) is 17.8 Å². The van der Waals surface area contributed by atoms with Crippen LogP contribution in [-0.2, 0) is 9.53 Å². The highest BCUT2D eigenvalue weighted by atomic mass is 32.1. The zero-order valence-electron chi connectivity index (χ0n) is 15.5. The topological polar surface area (TPSA) is 70.6 Å². The zero-order chi connectivity index (χ0) is 18.4. The second kappa shape index (κ2) is 9.25. The molecule has 1 atom stereocenters. The Hall–Kier alpha value is -1.77. The summed E-state index contributed by atoms with van der Waals surface area (Å²) in [6, 6.07) is 1.97. The molecule has 1 fully saturated rings. The van der Waals surface area contributed by atoms with Crippen LogP contribution in [0.1, 0.15) is 20.3 Å². The molecule has 8 heteroatoms. The molecule has 1 aliphatic heterocycles. The zero-order valence-corrected chi connectivity index (χ0v) is 16.3. The molecule has 3 heterocycles. The van der Waals surface area contributed by atoms with Crippen molar-refractivity contribution in [3.8, 4) is 0 Å². The molecule has 0 aliphatic carbocycles. The van der Waals surface area contributed by atoms with Gasteiger partial charge in [-0.1, -0.05) is 0 Å². The molecule has 1 aliphatic rings. The van der Waals surface area contributed by atoms with E-state index in [0.717, 1.165) is 55.2 Å². The molecule has 7 nitrogen and oxygen atoms in total. The molecule has 142 valence electrons. The molecule has 0 radical (unpaired) electrons. The standard InChI is InChI=1S/C18H27N5O2S/c1-3-25-11-4-6-19-17(24)14(2)22-7-9-23(10-8-22)16-15-5-12-26-18(15)21-13-20-16/h5,12-14H,3-4,6-11H2,1-2H3,(H,19,24). The number of carbonyl (C=O) groups excluding carboxylic acids is 1. The van der Waals surface area contributed by atoms with E-state index in [1.807, 2.05) is 13.8 Å². The number of fused-ring (bicyclic) bond motifs is 1. The van der Waals surface area contributed by atoms with Crippen LogP contribution in [0.4, 0.5) is 5.82 Å². The summed E-state index contributed by atoms with van der Waals surface area (Å²) in [7, 11) is 0. The second-order valence-corrected chi connectivity index (χ2v) is 7.27. The van der Waals surface area contributed by atoms with Gasteiger partial charge in [-0.15, -0.1) is 11.3 Å². The van der Waals surface area contributed by atoms with Crippen LogP contribution < -0.4 is 10.2 Å². The van der Waals surface area contributed by atoms with E-state index < -0.39 is 0 Å². The monoisotopic (exact) mass is 377 g/mol.